The molecule has 0 aromatic carbocycles. The molecule has 0 aromatic rings. The lowest BCUT2D eigenvalue weighted by Crippen LogP contribution is -2.69. The maximum absolute atomic E-state index is 6.61. The fourth-order valence-electron chi connectivity index (χ4n) is 3.22. The first-order valence-corrected chi connectivity index (χ1v) is 14.2. The highest BCUT2D eigenvalue weighted by Crippen LogP contribution is 2.57. The molecule has 4 unspecified atom stereocenters. The minimum absolute atomic E-state index is 0.528. The molecular formula is C15H28O3Si3. The van der Waals surface area contributed by atoms with Crippen molar-refractivity contribution >= 4 is 25.7 Å². The second-order valence-corrected chi connectivity index (χ2v) is 16.5. The Bertz CT molecular complexity index is 418. The quantitative estimate of drug-likeness (QED) is 0.643. The number of hydrogen-bond donors (Lipinski definition) is 0. The van der Waals surface area contributed by atoms with Gasteiger partial charge < -0.3 is 12.3 Å². The third-order valence-corrected chi connectivity index (χ3v) is 18.5. The van der Waals surface area contributed by atoms with Crippen LogP contribution in [-0.2, 0) is 12.3 Å². The second kappa shape index (κ2) is 6.10. The molecule has 2 aliphatic rings. The summed E-state index contributed by atoms with van der Waals surface area (Å²) in [5.74, 6) is 0.717. The van der Waals surface area contributed by atoms with Crippen molar-refractivity contribution in [3.63, 3.8) is 0 Å². The van der Waals surface area contributed by atoms with Crippen molar-refractivity contribution in [1.82, 2.24) is 0 Å². The van der Waals surface area contributed by atoms with Gasteiger partial charge in [-0.2, -0.15) is 0 Å². The predicted octanol–water partition coefficient (Wildman–Crippen LogP) is 4.39. The Morgan fingerprint density at radius 3 is 1.71 bits per heavy atom. The van der Waals surface area contributed by atoms with Crippen LogP contribution in [0.2, 0.25) is 17.6 Å². The molecule has 1 saturated carbocycles. The zero-order valence-electron chi connectivity index (χ0n) is 13.6. The van der Waals surface area contributed by atoms with E-state index in [9.17, 15) is 0 Å². The smallest absolute Gasteiger partial charge is 0.350 e. The van der Waals surface area contributed by atoms with Gasteiger partial charge in [0.2, 0.25) is 0 Å². The zero-order valence-corrected chi connectivity index (χ0v) is 16.6. The lowest BCUT2D eigenvalue weighted by atomic mass is 10.3. The lowest BCUT2D eigenvalue weighted by Gasteiger charge is -2.50. The molecule has 21 heavy (non-hydrogen) atoms. The summed E-state index contributed by atoms with van der Waals surface area (Å²) in [5, 5.41) is 0. The molecule has 3 nitrogen and oxygen atoms in total. The Morgan fingerprint density at radius 2 is 1.43 bits per heavy atom. The molecule has 118 valence electrons. The zero-order chi connectivity index (χ0) is 15.7. The molecule has 1 aliphatic carbocycles. The van der Waals surface area contributed by atoms with Gasteiger partial charge in [-0.25, -0.2) is 0 Å². The van der Waals surface area contributed by atoms with Crippen LogP contribution in [0, 0.1) is 5.92 Å². The van der Waals surface area contributed by atoms with Crippen LogP contribution < -0.4 is 0 Å². The summed E-state index contributed by atoms with van der Waals surface area (Å²) in [6.45, 7) is 18.6. The van der Waals surface area contributed by atoms with Crippen molar-refractivity contribution in [2.45, 2.75) is 51.2 Å². The Balaban J connectivity index is 2.42. The molecule has 2 fully saturated rings. The summed E-state index contributed by atoms with van der Waals surface area (Å²) in [6, 6.07) is 1.74. The molecule has 1 saturated heterocycles. The maximum Gasteiger partial charge on any atom is 0.350 e. The van der Waals surface area contributed by atoms with Gasteiger partial charge >= 0.3 is 25.7 Å². The maximum atomic E-state index is 6.61. The summed E-state index contributed by atoms with van der Waals surface area (Å²) < 4.78 is 19.7. The molecule has 0 radical (unpaired) electrons. The standard InChI is InChI=1S/C15H28O3Si3/c1-7-14-13-15(14)21(12-6)17-19(8-2,9-3)16-20(10-4,11-5)18-21/h8,10,12,14-15H,2,4,6-7,9,11,13H2,1,3,5H3. The Hall–Kier alpha value is -0.249. The molecule has 0 N–H and O–H groups in total. The average molecular weight is 341 g/mol. The van der Waals surface area contributed by atoms with Gasteiger partial charge in [0.15, 0.2) is 0 Å². The normalized spacial score (nSPS) is 45.9. The van der Waals surface area contributed by atoms with Gasteiger partial charge in [0.25, 0.3) is 0 Å². The van der Waals surface area contributed by atoms with Crippen LogP contribution in [0.15, 0.2) is 36.8 Å². The summed E-state index contributed by atoms with van der Waals surface area (Å²) >= 11 is 0. The fourth-order valence-corrected chi connectivity index (χ4v) is 19.4. The van der Waals surface area contributed by atoms with Crippen molar-refractivity contribution in [1.29, 1.82) is 0 Å². The third kappa shape index (κ3) is 2.85. The summed E-state index contributed by atoms with van der Waals surface area (Å²) in [6.07, 6.45) is 2.38. The highest BCUT2D eigenvalue weighted by atomic mass is 28.5. The van der Waals surface area contributed by atoms with Crippen molar-refractivity contribution in [2.24, 2.45) is 5.92 Å². The van der Waals surface area contributed by atoms with Gasteiger partial charge in [-0.05, 0) is 24.4 Å². The van der Waals surface area contributed by atoms with E-state index >= 15 is 0 Å². The molecule has 1 heterocycles. The van der Waals surface area contributed by atoms with Crippen molar-refractivity contribution in [3.8, 4) is 0 Å². The van der Waals surface area contributed by atoms with Gasteiger partial charge in [0.05, 0.1) is 0 Å². The molecule has 0 spiro atoms. The second-order valence-electron chi connectivity index (χ2n) is 5.98. The molecular weight excluding hydrogens is 312 g/mol. The number of hydrogen-bond acceptors (Lipinski definition) is 3. The summed E-state index contributed by atoms with van der Waals surface area (Å²) in [5.41, 5.74) is 6.40. The van der Waals surface area contributed by atoms with E-state index in [2.05, 4.69) is 40.5 Å². The fraction of sp³-hybridized carbons (Fsp3) is 0.600. The Labute approximate surface area is 132 Å². The van der Waals surface area contributed by atoms with Gasteiger partial charge in [-0.15, -0.1) is 19.7 Å². The van der Waals surface area contributed by atoms with E-state index < -0.39 is 25.7 Å². The molecule has 0 amide bonds. The van der Waals surface area contributed by atoms with Crippen LogP contribution in [0.1, 0.15) is 33.6 Å². The molecule has 4 atom stereocenters. The minimum Gasteiger partial charge on any atom is -0.409 e. The average Bonchev–Trinajstić information content (AvgIpc) is 3.34. The van der Waals surface area contributed by atoms with E-state index in [1.807, 2.05) is 17.1 Å². The molecule has 0 bridgehead atoms. The van der Waals surface area contributed by atoms with Crippen molar-refractivity contribution < 1.29 is 12.3 Å². The van der Waals surface area contributed by atoms with Crippen LogP contribution in [0.5, 0.6) is 0 Å². The van der Waals surface area contributed by atoms with Gasteiger partial charge in [0.1, 0.15) is 0 Å². The van der Waals surface area contributed by atoms with E-state index in [4.69, 9.17) is 12.3 Å². The molecule has 6 heteroatoms. The van der Waals surface area contributed by atoms with Crippen molar-refractivity contribution in [3.05, 3.63) is 36.8 Å². The molecule has 2 rings (SSSR count). The minimum atomic E-state index is -2.44. The Kier molecular flexibility index (Phi) is 4.97. The topological polar surface area (TPSA) is 27.7 Å². The van der Waals surface area contributed by atoms with Crippen LogP contribution in [0.25, 0.3) is 0 Å². The van der Waals surface area contributed by atoms with Crippen LogP contribution in [0.3, 0.4) is 0 Å². The highest BCUT2D eigenvalue weighted by Gasteiger charge is 2.65. The van der Waals surface area contributed by atoms with E-state index in [0.29, 0.717) is 5.54 Å². The Morgan fingerprint density at radius 1 is 0.905 bits per heavy atom. The summed E-state index contributed by atoms with van der Waals surface area (Å²) in [7, 11) is -7.26. The third-order valence-electron chi connectivity index (χ3n) is 4.87. The van der Waals surface area contributed by atoms with E-state index in [1.165, 1.54) is 12.8 Å². The largest absolute Gasteiger partial charge is 0.409 e. The molecule has 0 aromatic heterocycles. The first kappa shape index (κ1) is 17.1. The SMILES string of the molecule is C=C[Si]1(CC)O[Si](C=C)(CC)O[Si](C=C)(C2CC2CC)O1. The lowest BCUT2D eigenvalue weighted by molar-refractivity contribution is 0.233. The molecule has 1 aliphatic heterocycles. The van der Waals surface area contributed by atoms with E-state index in [0.717, 1.165) is 18.0 Å². The van der Waals surface area contributed by atoms with Crippen LogP contribution >= 0.6 is 0 Å². The summed E-state index contributed by atoms with van der Waals surface area (Å²) in [4.78, 5) is 0. The van der Waals surface area contributed by atoms with Gasteiger partial charge in [-0.3, -0.25) is 0 Å². The highest BCUT2D eigenvalue weighted by molar-refractivity contribution is 6.99. The van der Waals surface area contributed by atoms with Crippen LogP contribution in [-0.4, -0.2) is 25.7 Å². The number of rotatable bonds is 7. The first-order chi connectivity index (χ1) is 9.98. The predicted molar refractivity (Wildman–Crippen MR) is 94.2 cm³/mol. The van der Waals surface area contributed by atoms with E-state index in [-0.39, 0.29) is 0 Å². The van der Waals surface area contributed by atoms with Crippen LogP contribution in [0.4, 0.5) is 0 Å². The van der Waals surface area contributed by atoms with Gasteiger partial charge in [0, 0.05) is 5.54 Å². The van der Waals surface area contributed by atoms with Crippen molar-refractivity contribution in [2.75, 3.05) is 0 Å². The monoisotopic (exact) mass is 340 g/mol. The first-order valence-electron chi connectivity index (χ1n) is 7.99. The van der Waals surface area contributed by atoms with E-state index in [1.54, 1.807) is 0 Å². The van der Waals surface area contributed by atoms with Gasteiger partial charge in [-0.1, -0.05) is 44.3 Å².